The van der Waals surface area contributed by atoms with Crippen molar-refractivity contribution in [2.24, 2.45) is 0 Å². The Kier molecular flexibility index (Phi) is 7.40. The number of hydrogen-bond acceptors (Lipinski definition) is 7. The van der Waals surface area contributed by atoms with Crippen molar-refractivity contribution in [3.63, 3.8) is 0 Å². The third-order valence-electron chi connectivity index (χ3n) is 4.02. The van der Waals surface area contributed by atoms with Crippen LogP contribution in [0.25, 0.3) is 0 Å². The minimum atomic E-state index is -3.66. The molecule has 1 amide bonds. The van der Waals surface area contributed by atoms with Gasteiger partial charge in [-0.2, -0.15) is 0 Å². The van der Waals surface area contributed by atoms with Crippen LogP contribution in [-0.4, -0.2) is 59.4 Å². The van der Waals surface area contributed by atoms with Crippen molar-refractivity contribution >= 4 is 33.3 Å². The summed E-state index contributed by atoms with van der Waals surface area (Å²) in [6.45, 7) is -0.478. The monoisotopic (exact) mass is 423 g/mol. The second kappa shape index (κ2) is 9.57. The maximum Gasteiger partial charge on any atom is 0.306 e. The molecule has 158 valence electrons. The first kappa shape index (κ1) is 22.4. The number of furan rings is 1. The summed E-state index contributed by atoms with van der Waals surface area (Å²) in [6, 6.07) is 7.91. The molecule has 1 heterocycles. The summed E-state index contributed by atoms with van der Waals surface area (Å²) in [5, 5.41) is 2.61. The molecule has 29 heavy (non-hydrogen) atoms. The Bertz CT molecular complexity index is 952. The summed E-state index contributed by atoms with van der Waals surface area (Å²) in [4.78, 5) is 25.8. The van der Waals surface area contributed by atoms with Gasteiger partial charge in [0.1, 0.15) is 5.76 Å². The Morgan fingerprint density at radius 2 is 1.86 bits per heavy atom. The average molecular weight is 423 g/mol. The number of carbonyl (C=O) groups is 2. The number of aryl methyl sites for hydroxylation is 1. The molecule has 0 saturated carbocycles. The van der Waals surface area contributed by atoms with E-state index in [1.807, 2.05) is 0 Å². The fourth-order valence-electron chi connectivity index (χ4n) is 2.46. The van der Waals surface area contributed by atoms with Crippen LogP contribution < -0.4 is 10.2 Å². The van der Waals surface area contributed by atoms with Crippen LogP contribution >= 0.6 is 0 Å². The number of nitrogens with one attached hydrogen (secondary N) is 1. The quantitative estimate of drug-likeness (QED) is 0.612. The largest absolute Gasteiger partial charge is 0.469 e. The number of ether oxygens (including phenoxy) is 1. The molecule has 0 aliphatic carbocycles. The summed E-state index contributed by atoms with van der Waals surface area (Å²) < 4.78 is 35.9. The molecule has 10 heteroatoms. The number of sulfonamides is 1. The van der Waals surface area contributed by atoms with Gasteiger partial charge in [-0.1, -0.05) is 0 Å². The molecule has 0 saturated heterocycles. The Morgan fingerprint density at radius 1 is 1.14 bits per heavy atom. The molecule has 0 bridgehead atoms. The van der Waals surface area contributed by atoms with E-state index in [1.165, 1.54) is 32.5 Å². The fourth-order valence-corrected chi connectivity index (χ4v) is 3.39. The van der Waals surface area contributed by atoms with Crippen molar-refractivity contribution in [1.29, 1.82) is 0 Å². The minimum Gasteiger partial charge on any atom is -0.469 e. The smallest absolute Gasteiger partial charge is 0.306 e. The maximum atomic E-state index is 12.4. The van der Waals surface area contributed by atoms with E-state index in [0.29, 0.717) is 23.6 Å². The number of esters is 1. The molecule has 0 spiro atoms. The molecule has 0 aliphatic rings. The van der Waals surface area contributed by atoms with Gasteiger partial charge in [-0.3, -0.25) is 9.59 Å². The Hall–Kier alpha value is -2.85. The zero-order chi connectivity index (χ0) is 21.6. The molecule has 1 N–H and O–H groups in total. The van der Waals surface area contributed by atoms with E-state index < -0.39 is 28.5 Å². The highest BCUT2D eigenvalue weighted by Gasteiger charge is 2.20. The van der Waals surface area contributed by atoms with E-state index >= 15 is 0 Å². The van der Waals surface area contributed by atoms with Crippen LogP contribution in [0.15, 0.2) is 45.9 Å². The number of benzene rings is 1. The Morgan fingerprint density at radius 3 is 2.45 bits per heavy atom. The summed E-state index contributed by atoms with van der Waals surface area (Å²) in [5.74, 6) is -0.451. The lowest BCUT2D eigenvalue weighted by Crippen LogP contribution is -2.24. The van der Waals surface area contributed by atoms with Crippen LogP contribution in [0, 0.1) is 0 Å². The van der Waals surface area contributed by atoms with Crippen LogP contribution in [0.5, 0.6) is 0 Å². The molecule has 2 aromatic rings. The molecular weight excluding hydrogens is 398 g/mol. The number of nitrogens with zero attached hydrogens (tertiary/aromatic N) is 2. The Labute approximate surface area is 170 Å². The normalized spacial score (nSPS) is 11.3. The zero-order valence-electron chi connectivity index (χ0n) is 16.8. The van der Waals surface area contributed by atoms with E-state index in [1.54, 1.807) is 37.2 Å². The van der Waals surface area contributed by atoms with E-state index in [9.17, 15) is 18.0 Å². The van der Waals surface area contributed by atoms with Crippen molar-refractivity contribution in [2.75, 3.05) is 45.0 Å². The first-order valence-electron chi connectivity index (χ1n) is 8.83. The number of carbonyl (C=O) groups excluding carboxylic acids is 2. The van der Waals surface area contributed by atoms with E-state index in [2.05, 4.69) is 5.32 Å². The summed E-state index contributed by atoms with van der Waals surface area (Å²) in [6.07, 6.45) is 1.98. The van der Waals surface area contributed by atoms with Gasteiger partial charge in [0.05, 0.1) is 29.0 Å². The highest BCUT2D eigenvalue weighted by molar-refractivity contribution is 7.89. The minimum absolute atomic E-state index is 0.0406. The first-order valence-corrected chi connectivity index (χ1v) is 10.3. The van der Waals surface area contributed by atoms with Gasteiger partial charge in [0, 0.05) is 34.6 Å². The van der Waals surface area contributed by atoms with Crippen molar-refractivity contribution < 1.29 is 27.2 Å². The Balaban J connectivity index is 2.03. The van der Waals surface area contributed by atoms with E-state index in [0.717, 1.165) is 4.31 Å². The van der Waals surface area contributed by atoms with E-state index in [-0.39, 0.29) is 11.3 Å². The van der Waals surface area contributed by atoms with Crippen molar-refractivity contribution in [3.8, 4) is 0 Å². The van der Waals surface area contributed by atoms with Gasteiger partial charge in [-0.05, 0) is 30.3 Å². The SMILES string of the molecule is CN(C)c1ccc(S(=O)(=O)N(C)C)cc1NC(=O)COC(=O)CCc1ccco1. The molecular formula is C19H25N3O6S. The molecule has 0 unspecified atom stereocenters. The highest BCUT2D eigenvalue weighted by Crippen LogP contribution is 2.28. The van der Waals surface area contributed by atoms with Crippen LogP contribution in [0.1, 0.15) is 12.2 Å². The number of rotatable bonds is 9. The second-order valence-corrected chi connectivity index (χ2v) is 8.80. The summed E-state index contributed by atoms with van der Waals surface area (Å²) in [5.41, 5.74) is 0.912. The van der Waals surface area contributed by atoms with Crippen LogP contribution in [0.2, 0.25) is 0 Å². The predicted molar refractivity (Wildman–Crippen MR) is 108 cm³/mol. The lowest BCUT2D eigenvalue weighted by Gasteiger charge is -2.20. The van der Waals surface area contributed by atoms with Gasteiger partial charge >= 0.3 is 5.97 Å². The van der Waals surface area contributed by atoms with E-state index in [4.69, 9.17) is 9.15 Å². The third-order valence-corrected chi connectivity index (χ3v) is 5.83. The van der Waals surface area contributed by atoms with Crippen molar-refractivity contribution in [3.05, 3.63) is 42.4 Å². The standard InChI is InChI=1S/C19H25N3O6S/c1-21(2)17-9-8-15(29(25,26)22(3)4)12-16(17)20-18(23)13-28-19(24)10-7-14-6-5-11-27-14/h5-6,8-9,11-12H,7,10,13H2,1-4H3,(H,20,23). The summed E-state index contributed by atoms with van der Waals surface area (Å²) >= 11 is 0. The summed E-state index contributed by atoms with van der Waals surface area (Å²) in [7, 11) is 2.72. The number of anilines is 2. The molecule has 0 atom stereocenters. The molecule has 2 rings (SSSR count). The van der Waals surface area contributed by atoms with Crippen LogP contribution in [-0.2, 0) is 30.8 Å². The van der Waals surface area contributed by atoms with Gasteiger partial charge in [0.15, 0.2) is 6.61 Å². The molecule has 0 aliphatic heterocycles. The van der Waals surface area contributed by atoms with Crippen molar-refractivity contribution in [1.82, 2.24) is 4.31 Å². The third kappa shape index (κ3) is 6.06. The highest BCUT2D eigenvalue weighted by atomic mass is 32.2. The first-order chi connectivity index (χ1) is 13.6. The van der Waals surface area contributed by atoms with Gasteiger partial charge in [0.25, 0.3) is 5.91 Å². The van der Waals surface area contributed by atoms with Gasteiger partial charge in [0.2, 0.25) is 10.0 Å². The van der Waals surface area contributed by atoms with Crippen LogP contribution in [0.4, 0.5) is 11.4 Å². The molecule has 0 radical (unpaired) electrons. The molecule has 9 nitrogen and oxygen atoms in total. The average Bonchev–Trinajstić information content (AvgIpc) is 3.18. The lowest BCUT2D eigenvalue weighted by atomic mass is 10.2. The van der Waals surface area contributed by atoms with Gasteiger partial charge in [-0.15, -0.1) is 0 Å². The maximum absolute atomic E-state index is 12.4. The second-order valence-electron chi connectivity index (χ2n) is 6.65. The molecule has 1 aromatic heterocycles. The number of hydrogen-bond donors (Lipinski definition) is 1. The zero-order valence-corrected chi connectivity index (χ0v) is 17.7. The fraction of sp³-hybridized carbons (Fsp3) is 0.368. The van der Waals surface area contributed by atoms with Gasteiger partial charge < -0.3 is 19.4 Å². The van der Waals surface area contributed by atoms with Gasteiger partial charge in [-0.25, -0.2) is 12.7 Å². The van der Waals surface area contributed by atoms with Crippen LogP contribution in [0.3, 0.4) is 0 Å². The molecule has 1 aromatic carbocycles. The van der Waals surface area contributed by atoms with Crippen molar-refractivity contribution in [2.45, 2.75) is 17.7 Å². The number of amides is 1. The predicted octanol–water partition coefficient (Wildman–Crippen LogP) is 1.71. The molecule has 0 fully saturated rings. The topological polar surface area (TPSA) is 109 Å². The lowest BCUT2D eigenvalue weighted by molar-refractivity contribution is -0.147.